The Hall–Kier alpha value is -1.02. The fourth-order valence-electron chi connectivity index (χ4n) is 2.12. The Morgan fingerprint density at radius 1 is 1.31 bits per heavy atom. The first-order chi connectivity index (χ1) is 6.05. The number of fused-ring (bicyclic) bond motifs is 1. The average Bonchev–Trinajstić information content (AvgIpc) is 2.30. The fraction of sp³-hybridized carbons (Fsp3) is 0.455. The third kappa shape index (κ3) is 0.985. The second-order valence-corrected chi connectivity index (χ2v) is 4.29. The van der Waals surface area contributed by atoms with Crippen LogP contribution < -0.4 is 10.6 Å². The monoisotopic (exact) mass is 176 g/mol. The van der Waals surface area contributed by atoms with Crippen LogP contribution in [0.5, 0.6) is 0 Å². The molecule has 2 heteroatoms. The van der Waals surface area contributed by atoms with Crippen LogP contribution in [0.1, 0.15) is 19.4 Å². The summed E-state index contributed by atoms with van der Waals surface area (Å²) in [6.07, 6.45) is 0.0879. The molecule has 0 saturated carbocycles. The van der Waals surface area contributed by atoms with Gasteiger partial charge in [-0.15, -0.1) is 0 Å². The maximum Gasteiger partial charge on any atom is 0.0861 e. The Morgan fingerprint density at radius 3 is 2.54 bits per heavy atom. The van der Waals surface area contributed by atoms with Gasteiger partial charge in [0, 0.05) is 18.2 Å². The minimum absolute atomic E-state index is 0.0609. The lowest BCUT2D eigenvalue weighted by atomic mass is 9.84. The molecule has 1 atom stereocenters. The van der Waals surface area contributed by atoms with Crippen molar-refractivity contribution in [3.63, 3.8) is 0 Å². The van der Waals surface area contributed by atoms with Crippen molar-refractivity contribution in [2.75, 3.05) is 11.9 Å². The first kappa shape index (κ1) is 8.57. The highest BCUT2D eigenvalue weighted by atomic mass is 15.2. The molecule has 0 radical (unpaired) electrons. The summed E-state index contributed by atoms with van der Waals surface area (Å²) < 4.78 is 0. The zero-order valence-corrected chi connectivity index (χ0v) is 8.41. The second-order valence-electron chi connectivity index (χ2n) is 4.29. The van der Waals surface area contributed by atoms with Crippen molar-refractivity contribution in [3.8, 4) is 0 Å². The average molecular weight is 176 g/mol. The molecule has 13 heavy (non-hydrogen) atoms. The Labute approximate surface area is 79.4 Å². The van der Waals surface area contributed by atoms with E-state index in [1.807, 2.05) is 0 Å². The van der Waals surface area contributed by atoms with Gasteiger partial charge in [0.25, 0.3) is 0 Å². The molecule has 2 N–H and O–H groups in total. The van der Waals surface area contributed by atoms with Crippen molar-refractivity contribution >= 4 is 5.69 Å². The van der Waals surface area contributed by atoms with Crippen LogP contribution in [0.3, 0.4) is 0 Å². The summed E-state index contributed by atoms with van der Waals surface area (Å²) in [5, 5.41) is 0. The molecule has 2 rings (SSSR count). The van der Waals surface area contributed by atoms with Crippen LogP contribution >= 0.6 is 0 Å². The number of rotatable bonds is 0. The number of nitrogens with zero attached hydrogens (tertiary/aromatic N) is 1. The second kappa shape index (κ2) is 2.48. The zero-order valence-electron chi connectivity index (χ0n) is 8.41. The number of hydrogen-bond donors (Lipinski definition) is 1. The van der Waals surface area contributed by atoms with Gasteiger partial charge in [0.1, 0.15) is 0 Å². The van der Waals surface area contributed by atoms with Crippen LogP contribution in [0.4, 0.5) is 5.69 Å². The normalized spacial score (nSPS) is 24.6. The van der Waals surface area contributed by atoms with Crippen LogP contribution in [-0.2, 0) is 5.41 Å². The van der Waals surface area contributed by atoms with Gasteiger partial charge in [-0.1, -0.05) is 32.0 Å². The summed E-state index contributed by atoms with van der Waals surface area (Å²) in [6.45, 7) is 4.39. The fourth-order valence-corrected chi connectivity index (χ4v) is 2.12. The van der Waals surface area contributed by atoms with Gasteiger partial charge < -0.3 is 10.6 Å². The van der Waals surface area contributed by atoms with Crippen LogP contribution in [0, 0.1) is 0 Å². The van der Waals surface area contributed by atoms with Crippen molar-refractivity contribution in [2.45, 2.75) is 25.4 Å². The van der Waals surface area contributed by atoms with Gasteiger partial charge in [-0.2, -0.15) is 0 Å². The molecule has 2 nitrogen and oxygen atoms in total. The van der Waals surface area contributed by atoms with Crippen LogP contribution in [-0.4, -0.2) is 13.2 Å². The smallest absolute Gasteiger partial charge is 0.0861 e. The van der Waals surface area contributed by atoms with E-state index < -0.39 is 0 Å². The van der Waals surface area contributed by atoms with E-state index in [2.05, 4.69) is 50.1 Å². The maximum atomic E-state index is 6.13. The van der Waals surface area contributed by atoms with E-state index >= 15 is 0 Å². The maximum absolute atomic E-state index is 6.13. The van der Waals surface area contributed by atoms with Gasteiger partial charge >= 0.3 is 0 Å². The molecule has 0 saturated heterocycles. The topological polar surface area (TPSA) is 29.3 Å². The molecule has 0 spiro atoms. The van der Waals surface area contributed by atoms with Crippen molar-refractivity contribution < 1.29 is 0 Å². The van der Waals surface area contributed by atoms with E-state index in [0.717, 1.165) is 0 Å². The number of anilines is 1. The summed E-state index contributed by atoms with van der Waals surface area (Å²) in [5.74, 6) is 0. The molecular weight excluding hydrogens is 160 g/mol. The molecule has 0 aromatic heterocycles. The molecule has 1 heterocycles. The Morgan fingerprint density at radius 2 is 1.92 bits per heavy atom. The number of hydrogen-bond acceptors (Lipinski definition) is 2. The van der Waals surface area contributed by atoms with Crippen LogP contribution in [0.2, 0.25) is 0 Å². The Kier molecular flexibility index (Phi) is 1.64. The molecular formula is C11H16N2. The summed E-state index contributed by atoms with van der Waals surface area (Å²) in [4.78, 5) is 2.15. The molecule has 70 valence electrons. The molecule has 0 bridgehead atoms. The number of benzene rings is 1. The summed E-state index contributed by atoms with van der Waals surface area (Å²) in [6, 6.07) is 8.43. The molecule has 1 aromatic carbocycles. The molecule has 1 aromatic rings. The highest BCUT2D eigenvalue weighted by Gasteiger charge is 2.40. The van der Waals surface area contributed by atoms with Gasteiger partial charge in [-0.3, -0.25) is 0 Å². The first-order valence-corrected chi connectivity index (χ1v) is 4.63. The van der Waals surface area contributed by atoms with Crippen LogP contribution in [0.25, 0.3) is 0 Å². The van der Waals surface area contributed by atoms with E-state index in [1.165, 1.54) is 11.3 Å². The molecule has 0 fully saturated rings. The standard InChI is InChI=1S/C11H16N2/c1-11(2)8-6-4-5-7-9(8)13(3)10(11)12/h4-7,10H,12H2,1-3H3. The van der Waals surface area contributed by atoms with E-state index in [9.17, 15) is 0 Å². The van der Waals surface area contributed by atoms with Crippen LogP contribution in [0.15, 0.2) is 24.3 Å². The molecule has 0 aliphatic carbocycles. The van der Waals surface area contributed by atoms with Crippen molar-refractivity contribution in [1.29, 1.82) is 0 Å². The highest BCUT2D eigenvalue weighted by molar-refractivity contribution is 5.62. The lowest BCUT2D eigenvalue weighted by molar-refractivity contribution is 0.438. The summed E-state index contributed by atoms with van der Waals surface area (Å²) in [7, 11) is 2.05. The first-order valence-electron chi connectivity index (χ1n) is 4.63. The predicted molar refractivity (Wildman–Crippen MR) is 55.8 cm³/mol. The SMILES string of the molecule is CN1c2ccccc2C(C)(C)C1N. The van der Waals surface area contributed by atoms with E-state index in [4.69, 9.17) is 5.73 Å². The van der Waals surface area contributed by atoms with Crippen molar-refractivity contribution in [2.24, 2.45) is 5.73 Å². The summed E-state index contributed by atoms with van der Waals surface area (Å²) in [5.41, 5.74) is 8.81. The van der Waals surface area contributed by atoms with Crippen molar-refractivity contribution in [3.05, 3.63) is 29.8 Å². The largest absolute Gasteiger partial charge is 0.358 e. The predicted octanol–water partition coefficient (Wildman–Crippen LogP) is 1.70. The van der Waals surface area contributed by atoms with E-state index in [0.29, 0.717) is 0 Å². The lowest BCUT2D eigenvalue weighted by Crippen LogP contribution is -2.46. The third-order valence-electron chi connectivity index (χ3n) is 3.13. The van der Waals surface area contributed by atoms with Gasteiger partial charge in [0.05, 0.1) is 6.17 Å². The van der Waals surface area contributed by atoms with E-state index in [-0.39, 0.29) is 11.6 Å². The van der Waals surface area contributed by atoms with Gasteiger partial charge in [0.2, 0.25) is 0 Å². The number of para-hydroxylation sites is 1. The Balaban J connectivity index is 2.61. The van der Waals surface area contributed by atoms with Gasteiger partial charge in [0.15, 0.2) is 0 Å². The van der Waals surface area contributed by atoms with Crippen molar-refractivity contribution in [1.82, 2.24) is 0 Å². The lowest BCUT2D eigenvalue weighted by Gasteiger charge is -2.28. The highest BCUT2D eigenvalue weighted by Crippen LogP contribution is 2.41. The number of likely N-dealkylation sites (N-methyl/N-ethyl adjacent to an activating group) is 1. The Bertz CT molecular complexity index is 331. The quantitative estimate of drug-likeness (QED) is 0.652. The summed E-state index contributed by atoms with van der Waals surface area (Å²) >= 11 is 0. The third-order valence-corrected chi connectivity index (χ3v) is 3.13. The zero-order chi connectivity index (χ0) is 9.64. The molecule has 0 amide bonds. The molecule has 1 unspecified atom stereocenters. The minimum atomic E-state index is 0.0609. The minimum Gasteiger partial charge on any atom is -0.358 e. The number of nitrogens with two attached hydrogens (primary N) is 1. The molecule has 1 aliphatic heterocycles. The van der Waals surface area contributed by atoms with E-state index in [1.54, 1.807) is 0 Å². The van der Waals surface area contributed by atoms with Gasteiger partial charge in [-0.05, 0) is 11.6 Å². The molecule has 1 aliphatic rings. The van der Waals surface area contributed by atoms with Gasteiger partial charge in [-0.25, -0.2) is 0 Å².